The van der Waals surface area contributed by atoms with Gasteiger partial charge in [-0.3, -0.25) is 19.3 Å². The van der Waals surface area contributed by atoms with Gasteiger partial charge in [0.15, 0.2) is 0 Å². The van der Waals surface area contributed by atoms with Gasteiger partial charge < -0.3 is 5.32 Å². The van der Waals surface area contributed by atoms with E-state index in [1.807, 2.05) is 48.5 Å². The molecule has 0 radical (unpaired) electrons. The third-order valence-electron chi connectivity index (χ3n) is 7.37. The molecule has 2 atom stereocenters. The maximum Gasteiger partial charge on any atom is 0.235 e. The second-order valence-electron chi connectivity index (χ2n) is 9.10. The fourth-order valence-electron chi connectivity index (χ4n) is 5.92. The van der Waals surface area contributed by atoms with Crippen LogP contribution in [0.2, 0.25) is 0 Å². The third-order valence-corrected chi connectivity index (χ3v) is 8.65. The van der Waals surface area contributed by atoms with E-state index in [-0.39, 0.29) is 13.0 Å². The molecule has 1 heterocycles. The monoisotopic (exact) mass is 508 g/mol. The average molecular weight is 509 g/mol. The van der Waals surface area contributed by atoms with Gasteiger partial charge in [-0.1, -0.05) is 48.5 Å². The molecular formula is C27H19Cl2FN2O3. The van der Waals surface area contributed by atoms with E-state index in [1.54, 1.807) is 0 Å². The van der Waals surface area contributed by atoms with E-state index in [2.05, 4.69) is 5.32 Å². The Bertz CT molecular complexity index is 1290. The molecule has 2 bridgehead atoms. The van der Waals surface area contributed by atoms with E-state index >= 15 is 0 Å². The molecule has 4 aliphatic rings. The van der Waals surface area contributed by atoms with E-state index in [0.717, 1.165) is 27.2 Å². The summed E-state index contributed by atoms with van der Waals surface area (Å²) >= 11 is 14.7. The normalized spacial score (nSPS) is 27.9. The molecule has 176 valence electrons. The van der Waals surface area contributed by atoms with Crippen LogP contribution in [0, 0.1) is 17.7 Å². The lowest BCUT2D eigenvalue weighted by molar-refractivity contribution is -0.140. The second kappa shape index (κ2) is 7.64. The second-order valence-corrected chi connectivity index (χ2v) is 10.3. The first-order chi connectivity index (χ1) is 16.8. The first kappa shape index (κ1) is 22.3. The molecular weight excluding hydrogens is 490 g/mol. The summed E-state index contributed by atoms with van der Waals surface area (Å²) < 4.78 is 13.1. The Morgan fingerprint density at radius 2 is 1.23 bits per heavy atom. The van der Waals surface area contributed by atoms with E-state index in [4.69, 9.17) is 23.2 Å². The molecule has 1 aliphatic heterocycles. The number of benzene rings is 3. The van der Waals surface area contributed by atoms with Gasteiger partial charge in [0.05, 0.1) is 11.8 Å². The maximum atomic E-state index is 13.7. The molecule has 3 aromatic carbocycles. The molecule has 0 aromatic heterocycles. The lowest BCUT2D eigenvalue weighted by Crippen LogP contribution is -2.57. The van der Waals surface area contributed by atoms with Crippen molar-refractivity contribution in [1.82, 2.24) is 4.90 Å². The van der Waals surface area contributed by atoms with Gasteiger partial charge in [0, 0.05) is 18.7 Å². The minimum Gasteiger partial charge on any atom is -0.326 e. The summed E-state index contributed by atoms with van der Waals surface area (Å²) in [5, 5.41) is 2.65. The minimum absolute atomic E-state index is 0.107. The van der Waals surface area contributed by atoms with Gasteiger partial charge in [-0.15, -0.1) is 23.2 Å². The highest BCUT2D eigenvalue weighted by molar-refractivity contribution is 6.36. The number of hydrogen-bond donors (Lipinski definition) is 1. The van der Waals surface area contributed by atoms with Gasteiger partial charge in [-0.2, -0.15) is 0 Å². The van der Waals surface area contributed by atoms with Crippen molar-refractivity contribution in [3.63, 3.8) is 0 Å². The number of nitrogens with zero attached hydrogens (tertiary/aromatic N) is 1. The summed E-state index contributed by atoms with van der Waals surface area (Å²) in [6, 6.07) is 20.2. The largest absolute Gasteiger partial charge is 0.326 e. The highest BCUT2D eigenvalue weighted by atomic mass is 35.5. The van der Waals surface area contributed by atoms with Crippen LogP contribution in [-0.4, -0.2) is 29.2 Å². The quantitative estimate of drug-likeness (QED) is 0.408. The van der Waals surface area contributed by atoms with Gasteiger partial charge in [0.1, 0.15) is 15.6 Å². The Kier molecular flexibility index (Phi) is 4.86. The molecule has 0 saturated carbocycles. The summed E-state index contributed by atoms with van der Waals surface area (Å²) in [7, 11) is 0. The van der Waals surface area contributed by atoms with Crippen LogP contribution in [0.1, 0.15) is 28.7 Å². The van der Waals surface area contributed by atoms with Crippen molar-refractivity contribution < 1.29 is 18.8 Å². The smallest absolute Gasteiger partial charge is 0.235 e. The van der Waals surface area contributed by atoms with Gasteiger partial charge in [0.25, 0.3) is 0 Å². The van der Waals surface area contributed by atoms with Gasteiger partial charge in [-0.05, 0) is 46.5 Å². The zero-order valence-electron chi connectivity index (χ0n) is 18.3. The van der Waals surface area contributed by atoms with Gasteiger partial charge in [0.2, 0.25) is 17.7 Å². The van der Waals surface area contributed by atoms with Crippen LogP contribution in [0.5, 0.6) is 0 Å². The van der Waals surface area contributed by atoms with Crippen molar-refractivity contribution in [3.8, 4) is 0 Å². The van der Waals surface area contributed by atoms with Gasteiger partial charge >= 0.3 is 0 Å². The van der Waals surface area contributed by atoms with Crippen LogP contribution in [0.25, 0.3) is 0 Å². The van der Waals surface area contributed by atoms with Crippen LogP contribution in [0.15, 0.2) is 72.8 Å². The summed E-state index contributed by atoms with van der Waals surface area (Å²) in [5.41, 5.74) is 3.34. The molecule has 0 spiro atoms. The van der Waals surface area contributed by atoms with Crippen LogP contribution in [0.3, 0.4) is 0 Å². The summed E-state index contributed by atoms with van der Waals surface area (Å²) in [6.07, 6.45) is -0.112. The maximum absolute atomic E-state index is 13.7. The molecule has 0 unspecified atom stereocenters. The molecule has 3 aliphatic carbocycles. The van der Waals surface area contributed by atoms with Crippen molar-refractivity contribution in [1.29, 1.82) is 0 Å². The highest BCUT2D eigenvalue weighted by Crippen LogP contribution is 2.69. The Morgan fingerprint density at radius 1 is 0.800 bits per heavy atom. The molecule has 3 amide bonds. The Hall–Kier alpha value is -3.22. The van der Waals surface area contributed by atoms with Crippen molar-refractivity contribution in [2.24, 2.45) is 11.8 Å². The molecule has 1 fully saturated rings. The number of imide groups is 1. The van der Waals surface area contributed by atoms with Gasteiger partial charge in [-0.25, -0.2) is 4.39 Å². The van der Waals surface area contributed by atoms with Crippen molar-refractivity contribution >= 4 is 46.6 Å². The predicted octanol–water partition coefficient (Wildman–Crippen LogP) is 4.75. The number of halogens is 3. The number of hydrogen-bond acceptors (Lipinski definition) is 3. The molecule has 5 nitrogen and oxygen atoms in total. The van der Waals surface area contributed by atoms with E-state index in [0.29, 0.717) is 5.69 Å². The Balaban J connectivity index is 1.34. The SMILES string of the molecule is O=C(CCN1C(=O)[C@@H]2[C@H](C1=O)C1(Cl)c3ccccc3C2(Cl)c2ccccc21)Nc1ccc(F)cc1. The Labute approximate surface area is 210 Å². The molecule has 8 heteroatoms. The molecule has 3 aromatic rings. The van der Waals surface area contributed by atoms with Crippen molar-refractivity contribution in [3.05, 3.63) is 101 Å². The number of rotatable bonds is 4. The molecule has 35 heavy (non-hydrogen) atoms. The number of likely N-dealkylation sites (tertiary alicyclic amines) is 1. The third kappa shape index (κ3) is 2.90. The number of nitrogens with one attached hydrogen (secondary N) is 1. The van der Waals surface area contributed by atoms with Crippen molar-refractivity contribution in [2.45, 2.75) is 16.2 Å². The molecule has 1 saturated heterocycles. The lowest BCUT2D eigenvalue weighted by atomic mass is 9.54. The summed E-state index contributed by atoms with van der Waals surface area (Å²) in [6.45, 7) is -0.107. The van der Waals surface area contributed by atoms with Crippen LogP contribution < -0.4 is 5.32 Å². The number of carbonyl (C=O) groups excluding carboxylic acids is 3. The molecule has 1 N–H and O–H groups in total. The van der Waals surface area contributed by atoms with Crippen LogP contribution in [-0.2, 0) is 24.1 Å². The summed E-state index contributed by atoms with van der Waals surface area (Å²) in [4.78, 5) is 38.5. The number of alkyl halides is 2. The first-order valence-corrected chi connectivity index (χ1v) is 12.0. The summed E-state index contributed by atoms with van der Waals surface area (Å²) in [5.74, 6) is -3.46. The fourth-order valence-corrected chi connectivity index (χ4v) is 7.01. The highest BCUT2D eigenvalue weighted by Gasteiger charge is 2.72. The lowest BCUT2D eigenvalue weighted by Gasteiger charge is -2.54. The topological polar surface area (TPSA) is 66.5 Å². The minimum atomic E-state index is -1.24. The standard InChI is InChI=1S/C27H19Cl2FN2O3/c28-26-17-5-1-2-6-18(17)27(29,20-8-4-3-7-19(20)26)23-22(26)24(34)32(25(23)35)14-13-21(33)31-16-11-9-15(30)10-12-16/h1-12,22-23H,13-14H2,(H,31,33)/t22-,23+,26?,27?. The van der Waals surface area contributed by atoms with Crippen LogP contribution in [0.4, 0.5) is 10.1 Å². The van der Waals surface area contributed by atoms with E-state index in [9.17, 15) is 18.8 Å². The number of anilines is 1. The molecule has 7 rings (SSSR count). The first-order valence-electron chi connectivity index (χ1n) is 11.3. The fraction of sp³-hybridized carbons (Fsp3) is 0.222. The Morgan fingerprint density at radius 3 is 1.66 bits per heavy atom. The zero-order valence-corrected chi connectivity index (χ0v) is 19.8. The van der Waals surface area contributed by atoms with Crippen LogP contribution >= 0.6 is 23.2 Å². The predicted molar refractivity (Wildman–Crippen MR) is 129 cm³/mol. The van der Waals surface area contributed by atoms with E-state index in [1.165, 1.54) is 24.3 Å². The van der Waals surface area contributed by atoms with E-state index < -0.39 is 45.1 Å². The van der Waals surface area contributed by atoms with Crippen molar-refractivity contribution in [2.75, 3.05) is 11.9 Å². The number of carbonyl (C=O) groups is 3. The zero-order chi connectivity index (χ0) is 24.5. The number of amides is 3. The average Bonchev–Trinajstić information content (AvgIpc) is 3.13.